The third kappa shape index (κ3) is 2.67. The molecule has 3 aromatic rings. The van der Waals surface area contributed by atoms with E-state index in [0.29, 0.717) is 39.9 Å². The average Bonchev–Trinajstić information content (AvgIpc) is 3.15. The van der Waals surface area contributed by atoms with Gasteiger partial charge in [0.25, 0.3) is 0 Å². The Balaban J connectivity index is 1.97. The molecule has 0 spiro atoms. The van der Waals surface area contributed by atoms with Gasteiger partial charge in [0, 0.05) is 12.5 Å². The minimum absolute atomic E-state index is 0.0139. The molecule has 2 heterocycles. The zero-order valence-electron chi connectivity index (χ0n) is 13.6. The van der Waals surface area contributed by atoms with E-state index in [0.717, 1.165) is 10.6 Å². The molecule has 26 heavy (non-hydrogen) atoms. The smallest absolute Gasteiger partial charge is 0.356 e. The molecule has 4 rings (SSSR count). The second-order valence-corrected chi connectivity index (χ2v) is 7.23. The molecule has 1 aliphatic rings. The number of aromatic nitrogens is 3. The predicted octanol–water partition coefficient (Wildman–Crippen LogP) is 3.40. The van der Waals surface area contributed by atoms with Crippen molar-refractivity contribution in [3.05, 3.63) is 46.2 Å². The number of anilines is 1. The first-order chi connectivity index (χ1) is 12.5. The number of carbonyl (C=O) groups is 2. The summed E-state index contributed by atoms with van der Waals surface area (Å²) in [5, 5.41) is 17.5. The van der Waals surface area contributed by atoms with Crippen molar-refractivity contribution in [2.45, 2.75) is 19.8 Å². The van der Waals surface area contributed by atoms with Gasteiger partial charge in [-0.1, -0.05) is 35.1 Å². The van der Waals surface area contributed by atoms with Gasteiger partial charge in [-0.25, -0.2) is 14.5 Å². The summed E-state index contributed by atoms with van der Waals surface area (Å²) in [7, 11) is 0. The molecular weight excluding hydrogens is 376 g/mol. The summed E-state index contributed by atoms with van der Waals surface area (Å²) in [5.41, 5.74) is 2.76. The van der Waals surface area contributed by atoms with Crippen molar-refractivity contribution in [2.75, 3.05) is 5.32 Å². The van der Waals surface area contributed by atoms with Crippen molar-refractivity contribution in [1.82, 2.24) is 14.8 Å². The number of para-hydroxylation sites is 1. The highest BCUT2D eigenvalue weighted by atomic mass is 35.5. The number of benzene rings is 1. The van der Waals surface area contributed by atoms with Crippen LogP contribution in [0, 0.1) is 0 Å². The Labute approximate surface area is 157 Å². The van der Waals surface area contributed by atoms with Crippen molar-refractivity contribution in [2.24, 2.45) is 0 Å². The zero-order valence-corrected chi connectivity index (χ0v) is 15.2. The lowest BCUT2D eigenvalue weighted by atomic mass is 9.97. The van der Waals surface area contributed by atoms with Crippen LogP contribution in [0.1, 0.15) is 28.7 Å². The van der Waals surface area contributed by atoms with Gasteiger partial charge in [0.2, 0.25) is 5.91 Å². The molecule has 0 aliphatic heterocycles. The van der Waals surface area contributed by atoms with Crippen molar-refractivity contribution < 1.29 is 14.7 Å². The number of nitrogens with zero attached hydrogens (tertiary/aromatic N) is 3. The van der Waals surface area contributed by atoms with Crippen LogP contribution in [-0.4, -0.2) is 31.7 Å². The maximum atomic E-state index is 11.7. The van der Waals surface area contributed by atoms with Crippen LogP contribution in [0.5, 0.6) is 0 Å². The number of aromatic carboxylic acids is 1. The van der Waals surface area contributed by atoms with Crippen LogP contribution >= 0.6 is 22.9 Å². The first-order valence-corrected chi connectivity index (χ1v) is 9.03. The van der Waals surface area contributed by atoms with E-state index in [1.165, 1.54) is 18.3 Å². The molecule has 9 heteroatoms. The molecule has 2 aromatic heterocycles. The SMILES string of the molecule is CC(=O)Nc1nc2c(s1)-c1c(c(C(=O)O)nn1-c1ccccc1Cl)CC2. The van der Waals surface area contributed by atoms with E-state index in [1.54, 1.807) is 22.9 Å². The van der Waals surface area contributed by atoms with Crippen molar-refractivity contribution in [1.29, 1.82) is 0 Å². The van der Waals surface area contributed by atoms with Gasteiger partial charge in [0.05, 0.1) is 27.0 Å². The Morgan fingerprint density at radius 1 is 1.31 bits per heavy atom. The van der Waals surface area contributed by atoms with E-state index in [2.05, 4.69) is 15.4 Å². The lowest BCUT2D eigenvalue weighted by Gasteiger charge is -2.14. The number of carboxylic acids is 1. The Morgan fingerprint density at radius 3 is 2.77 bits per heavy atom. The summed E-state index contributed by atoms with van der Waals surface area (Å²) in [4.78, 5) is 28.3. The van der Waals surface area contributed by atoms with Gasteiger partial charge in [-0.05, 0) is 25.0 Å². The fourth-order valence-corrected chi connectivity index (χ4v) is 4.38. The molecule has 0 radical (unpaired) electrons. The summed E-state index contributed by atoms with van der Waals surface area (Å²) in [6.07, 6.45) is 1.10. The van der Waals surface area contributed by atoms with E-state index >= 15 is 0 Å². The Morgan fingerprint density at radius 2 is 2.08 bits per heavy atom. The first-order valence-electron chi connectivity index (χ1n) is 7.83. The lowest BCUT2D eigenvalue weighted by Crippen LogP contribution is -2.08. The van der Waals surface area contributed by atoms with Gasteiger partial charge < -0.3 is 10.4 Å². The standard InChI is InChI=1S/C17H13ClN4O3S/c1-8(23)19-17-20-11-7-6-9-13(16(24)25)21-22(14(9)15(11)26-17)12-5-3-2-4-10(12)18/h2-5H,6-7H2,1H3,(H,24,25)(H,19,20,23). The maximum Gasteiger partial charge on any atom is 0.356 e. The first kappa shape index (κ1) is 16.7. The number of carboxylic acid groups (broad SMARTS) is 1. The van der Waals surface area contributed by atoms with Gasteiger partial charge >= 0.3 is 5.97 Å². The van der Waals surface area contributed by atoms with E-state index in [9.17, 15) is 14.7 Å². The number of hydrogen-bond donors (Lipinski definition) is 2. The van der Waals surface area contributed by atoms with Crippen molar-refractivity contribution in [3.63, 3.8) is 0 Å². The molecule has 1 aliphatic carbocycles. The number of nitrogens with one attached hydrogen (secondary N) is 1. The summed E-state index contributed by atoms with van der Waals surface area (Å²) in [5.74, 6) is -1.29. The van der Waals surface area contributed by atoms with E-state index in [1.807, 2.05) is 6.07 Å². The van der Waals surface area contributed by atoms with Crippen LogP contribution in [0.2, 0.25) is 5.02 Å². The quantitative estimate of drug-likeness (QED) is 0.716. The fourth-order valence-electron chi connectivity index (χ4n) is 3.04. The Hall–Kier alpha value is -2.71. The monoisotopic (exact) mass is 388 g/mol. The minimum atomic E-state index is -1.08. The molecule has 0 atom stereocenters. The topological polar surface area (TPSA) is 97.1 Å². The van der Waals surface area contributed by atoms with Gasteiger partial charge in [-0.2, -0.15) is 5.10 Å². The molecular formula is C17H13ClN4O3S. The van der Waals surface area contributed by atoms with Crippen molar-refractivity contribution >= 4 is 39.9 Å². The molecule has 0 saturated carbocycles. The third-order valence-electron chi connectivity index (χ3n) is 4.07. The second kappa shape index (κ2) is 6.22. The number of halogens is 1. The zero-order chi connectivity index (χ0) is 18.4. The van der Waals surface area contributed by atoms with Gasteiger partial charge in [0.1, 0.15) is 0 Å². The van der Waals surface area contributed by atoms with Gasteiger partial charge in [-0.15, -0.1) is 0 Å². The molecule has 1 aromatic carbocycles. The summed E-state index contributed by atoms with van der Waals surface area (Å²) >= 11 is 7.62. The number of fused-ring (bicyclic) bond motifs is 3. The van der Waals surface area contributed by atoms with Crippen LogP contribution in [0.3, 0.4) is 0 Å². The average molecular weight is 389 g/mol. The lowest BCUT2D eigenvalue weighted by molar-refractivity contribution is -0.114. The van der Waals surface area contributed by atoms with Crippen LogP contribution in [0.4, 0.5) is 5.13 Å². The highest BCUT2D eigenvalue weighted by molar-refractivity contribution is 7.19. The number of aryl methyl sites for hydroxylation is 1. The van der Waals surface area contributed by atoms with Gasteiger partial charge in [0.15, 0.2) is 10.8 Å². The highest BCUT2D eigenvalue weighted by Gasteiger charge is 2.31. The second-order valence-electron chi connectivity index (χ2n) is 5.82. The number of carbonyl (C=O) groups excluding carboxylic acids is 1. The largest absolute Gasteiger partial charge is 0.476 e. The normalized spacial score (nSPS) is 12.4. The van der Waals surface area contributed by atoms with E-state index in [4.69, 9.17) is 11.6 Å². The highest BCUT2D eigenvalue weighted by Crippen LogP contribution is 2.42. The number of thiazole rings is 1. The molecule has 0 unspecified atom stereocenters. The molecule has 132 valence electrons. The molecule has 0 fully saturated rings. The number of hydrogen-bond acceptors (Lipinski definition) is 5. The molecule has 1 amide bonds. The van der Waals surface area contributed by atoms with Crippen molar-refractivity contribution in [3.8, 4) is 16.3 Å². The summed E-state index contributed by atoms with van der Waals surface area (Å²) in [6, 6.07) is 7.12. The molecule has 2 N–H and O–H groups in total. The molecule has 0 bridgehead atoms. The number of amides is 1. The van der Waals surface area contributed by atoms with Crippen LogP contribution in [0.25, 0.3) is 16.3 Å². The molecule has 0 saturated heterocycles. The maximum absolute atomic E-state index is 11.7. The third-order valence-corrected chi connectivity index (χ3v) is 5.41. The van der Waals surface area contributed by atoms with Crippen LogP contribution in [-0.2, 0) is 17.6 Å². The minimum Gasteiger partial charge on any atom is -0.476 e. The summed E-state index contributed by atoms with van der Waals surface area (Å²) in [6.45, 7) is 1.42. The van der Waals surface area contributed by atoms with E-state index in [-0.39, 0.29) is 11.6 Å². The van der Waals surface area contributed by atoms with E-state index < -0.39 is 5.97 Å². The van der Waals surface area contributed by atoms with Gasteiger partial charge in [-0.3, -0.25) is 4.79 Å². The molecule has 7 nitrogen and oxygen atoms in total. The number of rotatable bonds is 3. The summed E-state index contributed by atoms with van der Waals surface area (Å²) < 4.78 is 1.56. The predicted molar refractivity (Wildman–Crippen MR) is 98.4 cm³/mol. The van der Waals surface area contributed by atoms with Crippen LogP contribution < -0.4 is 5.32 Å². The fraction of sp³-hybridized carbons (Fsp3) is 0.176. The Bertz CT molecular complexity index is 1060. The van der Waals surface area contributed by atoms with Crippen LogP contribution in [0.15, 0.2) is 24.3 Å². The Kier molecular flexibility index (Phi) is 4.01.